The van der Waals surface area contributed by atoms with Crippen LogP contribution in [0.3, 0.4) is 0 Å². The minimum Gasteiger partial charge on any atom is -0.264 e. The SMILES string of the molecule is CC.CC1(C)CCCCc2cnccc21. The molecule has 1 heteroatoms. The third-order valence-electron chi connectivity index (χ3n) is 3.13. The molecule has 0 saturated heterocycles. The van der Waals surface area contributed by atoms with Crippen molar-refractivity contribution in [3.8, 4) is 0 Å². The van der Waals surface area contributed by atoms with Crippen molar-refractivity contribution < 1.29 is 0 Å². The highest BCUT2D eigenvalue weighted by molar-refractivity contribution is 5.31. The van der Waals surface area contributed by atoms with Crippen LogP contribution in [0.4, 0.5) is 0 Å². The number of nitrogens with zero attached hydrogens (tertiary/aromatic N) is 1. The summed E-state index contributed by atoms with van der Waals surface area (Å²) >= 11 is 0. The van der Waals surface area contributed by atoms with E-state index >= 15 is 0 Å². The molecule has 0 radical (unpaired) electrons. The van der Waals surface area contributed by atoms with Crippen molar-refractivity contribution in [1.82, 2.24) is 4.98 Å². The van der Waals surface area contributed by atoms with Crippen molar-refractivity contribution in [2.75, 3.05) is 0 Å². The molecule has 0 amide bonds. The normalized spacial score (nSPS) is 18.1. The molecule has 0 spiro atoms. The van der Waals surface area contributed by atoms with Crippen LogP contribution in [0.2, 0.25) is 0 Å². The molecule has 84 valence electrons. The molecule has 2 rings (SSSR count). The van der Waals surface area contributed by atoms with Crippen LogP contribution in [0, 0.1) is 0 Å². The van der Waals surface area contributed by atoms with E-state index in [0.717, 1.165) is 0 Å². The van der Waals surface area contributed by atoms with Crippen LogP contribution in [0.25, 0.3) is 0 Å². The quantitative estimate of drug-likeness (QED) is 0.581. The first-order valence-corrected chi connectivity index (χ1v) is 6.13. The number of fused-ring (bicyclic) bond motifs is 1. The summed E-state index contributed by atoms with van der Waals surface area (Å²) in [4.78, 5) is 4.21. The van der Waals surface area contributed by atoms with Gasteiger partial charge >= 0.3 is 0 Å². The Bertz CT molecular complexity index is 302. The lowest BCUT2D eigenvalue weighted by Crippen LogP contribution is -2.17. The third-order valence-corrected chi connectivity index (χ3v) is 3.13. The summed E-state index contributed by atoms with van der Waals surface area (Å²) in [5.41, 5.74) is 3.33. The molecule has 0 saturated carbocycles. The second-order valence-electron chi connectivity index (χ2n) is 4.62. The maximum Gasteiger partial charge on any atom is 0.0302 e. The number of pyridine rings is 1. The van der Waals surface area contributed by atoms with Gasteiger partial charge in [0, 0.05) is 12.4 Å². The van der Waals surface area contributed by atoms with Crippen LogP contribution in [0.5, 0.6) is 0 Å². The maximum atomic E-state index is 4.21. The van der Waals surface area contributed by atoms with Gasteiger partial charge < -0.3 is 0 Å². The Kier molecular flexibility index (Phi) is 4.31. The lowest BCUT2D eigenvalue weighted by Gasteiger charge is -2.24. The summed E-state index contributed by atoms with van der Waals surface area (Å²) in [6.07, 6.45) is 9.16. The number of aromatic nitrogens is 1. The molecule has 1 aliphatic rings. The van der Waals surface area contributed by atoms with Gasteiger partial charge in [-0.15, -0.1) is 0 Å². The van der Waals surface area contributed by atoms with Crippen molar-refractivity contribution in [3.05, 3.63) is 29.6 Å². The van der Waals surface area contributed by atoms with Gasteiger partial charge in [-0.25, -0.2) is 0 Å². The molecule has 1 aromatic rings. The highest BCUT2D eigenvalue weighted by Crippen LogP contribution is 2.34. The fourth-order valence-electron chi connectivity index (χ4n) is 2.30. The fraction of sp³-hybridized carbons (Fsp3) is 0.643. The van der Waals surface area contributed by atoms with E-state index in [2.05, 4.69) is 24.9 Å². The van der Waals surface area contributed by atoms with Crippen LogP contribution in [-0.2, 0) is 11.8 Å². The van der Waals surface area contributed by atoms with Gasteiger partial charge in [-0.1, -0.05) is 34.1 Å². The van der Waals surface area contributed by atoms with E-state index in [1.807, 2.05) is 26.2 Å². The van der Waals surface area contributed by atoms with Crippen molar-refractivity contribution >= 4 is 0 Å². The van der Waals surface area contributed by atoms with Crippen molar-refractivity contribution in [2.45, 2.75) is 58.8 Å². The maximum absolute atomic E-state index is 4.21. The minimum atomic E-state index is 0.356. The van der Waals surface area contributed by atoms with E-state index in [9.17, 15) is 0 Å². The molecule has 0 fully saturated rings. The van der Waals surface area contributed by atoms with Crippen LogP contribution < -0.4 is 0 Å². The second kappa shape index (κ2) is 5.29. The van der Waals surface area contributed by atoms with E-state index in [1.165, 1.54) is 36.8 Å². The molecule has 1 nitrogen and oxygen atoms in total. The van der Waals surface area contributed by atoms with Crippen molar-refractivity contribution in [2.24, 2.45) is 0 Å². The fourth-order valence-corrected chi connectivity index (χ4v) is 2.30. The lowest BCUT2D eigenvalue weighted by atomic mass is 9.80. The predicted octanol–water partition coefficient (Wildman–Crippen LogP) is 4.11. The van der Waals surface area contributed by atoms with Gasteiger partial charge in [0.05, 0.1) is 0 Å². The minimum absolute atomic E-state index is 0.356. The zero-order chi connectivity index (χ0) is 11.3. The van der Waals surface area contributed by atoms with Gasteiger partial charge in [0.1, 0.15) is 0 Å². The molecule has 0 aliphatic heterocycles. The first kappa shape index (κ1) is 12.2. The Morgan fingerprint density at radius 2 is 1.93 bits per heavy atom. The first-order chi connectivity index (χ1) is 7.20. The van der Waals surface area contributed by atoms with Crippen molar-refractivity contribution in [3.63, 3.8) is 0 Å². The smallest absolute Gasteiger partial charge is 0.0302 e. The summed E-state index contributed by atoms with van der Waals surface area (Å²) in [6.45, 7) is 8.69. The molecule has 1 aliphatic carbocycles. The topological polar surface area (TPSA) is 12.9 Å². The molecule has 0 unspecified atom stereocenters. The van der Waals surface area contributed by atoms with Gasteiger partial charge in [-0.2, -0.15) is 0 Å². The van der Waals surface area contributed by atoms with Gasteiger partial charge in [0.15, 0.2) is 0 Å². The lowest BCUT2D eigenvalue weighted by molar-refractivity contribution is 0.468. The molecular formula is C14H23N. The molecule has 1 aromatic heterocycles. The molecule has 15 heavy (non-hydrogen) atoms. The average Bonchev–Trinajstić information content (AvgIpc) is 2.41. The van der Waals surface area contributed by atoms with E-state index in [-0.39, 0.29) is 0 Å². The summed E-state index contributed by atoms with van der Waals surface area (Å²) in [5.74, 6) is 0. The van der Waals surface area contributed by atoms with Gasteiger partial charge in [-0.05, 0) is 41.9 Å². The number of hydrogen-bond donors (Lipinski definition) is 0. The van der Waals surface area contributed by atoms with Crippen LogP contribution in [0.15, 0.2) is 18.5 Å². The Morgan fingerprint density at radius 1 is 1.20 bits per heavy atom. The van der Waals surface area contributed by atoms with Crippen molar-refractivity contribution in [1.29, 1.82) is 0 Å². The third kappa shape index (κ3) is 2.80. The van der Waals surface area contributed by atoms with Crippen LogP contribution in [0.1, 0.15) is 58.1 Å². The zero-order valence-electron chi connectivity index (χ0n) is 10.5. The summed E-state index contributed by atoms with van der Waals surface area (Å²) in [7, 11) is 0. The zero-order valence-corrected chi connectivity index (χ0v) is 10.5. The van der Waals surface area contributed by atoms with E-state index in [1.54, 1.807) is 0 Å². The summed E-state index contributed by atoms with van der Waals surface area (Å²) < 4.78 is 0. The van der Waals surface area contributed by atoms with Gasteiger partial charge in [0.2, 0.25) is 0 Å². The highest BCUT2D eigenvalue weighted by Gasteiger charge is 2.25. The Morgan fingerprint density at radius 3 is 2.67 bits per heavy atom. The molecule has 0 aromatic carbocycles. The second-order valence-corrected chi connectivity index (χ2v) is 4.62. The summed E-state index contributed by atoms with van der Waals surface area (Å²) in [5, 5.41) is 0. The number of aryl methyl sites for hydroxylation is 1. The Hall–Kier alpha value is -0.850. The predicted molar refractivity (Wildman–Crippen MR) is 66.2 cm³/mol. The summed E-state index contributed by atoms with van der Waals surface area (Å²) in [6, 6.07) is 2.20. The van der Waals surface area contributed by atoms with E-state index in [4.69, 9.17) is 0 Å². The molecule has 1 heterocycles. The van der Waals surface area contributed by atoms with Gasteiger partial charge in [0.25, 0.3) is 0 Å². The molecular weight excluding hydrogens is 182 g/mol. The molecule has 0 atom stereocenters. The number of rotatable bonds is 0. The highest BCUT2D eigenvalue weighted by atomic mass is 14.6. The Balaban J connectivity index is 0.000000531. The monoisotopic (exact) mass is 205 g/mol. The number of hydrogen-bond acceptors (Lipinski definition) is 1. The largest absolute Gasteiger partial charge is 0.264 e. The molecule has 0 N–H and O–H groups in total. The van der Waals surface area contributed by atoms with Crippen LogP contribution >= 0.6 is 0 Å². The van der Waals surface area contributed by atoms with Crippen LogP contribution in [-0.4, -0.2) is 4.98 Å². The standard InChI is InChI=1S/C12H17N.C2H6/c1-12(2)7-4-3-5-10-9-13-8-6-11(10)12;1-2/h6,8-9H,3-5,7H2,1-2H3;1-2H3. The average molecular weight is 205 g/mol. The molecule has 0 bridgehead atoms. The first-order valence-electron chi connectivity index (χ1n) is 6.13. The van der Waals surface area contributed by atoms with E-state index < -0.39 is 0 Å². The van der Waals surface area contributed by atoms with E-state index in [0.29, 0.717) is 5.41 Å². The van der Waals surface area contributed by atoms with Gasteiger partial charge in [-0.3, -0.25) is 4.98 Å². The Labute approximate surface area is 93.9 Å².